The number of unbranched alkanes of at least 4 members (excludes halogenated alkanes) is 10. The maximum Gasteiger partial charge on any atom is 0.335 e. The molecule has 7 heteroatoms. The van der Waals surface area contributed by atoms with Gasteiger partial charge in [0.15, 0.2) is 0 Å². The second-order valence-electron chi connectivity index (χ2n) is 22.2. The van der Waals surface area contributed by atoms with E-state index >= 15 is 0 Å². The number of benzene rings is 4. The highest BCUT2D eigenvalue weighted by molar-refractivity contribution is 5.89. The fourth-order valence-corrected chi connectivity index (χ4v) is 11.0. The Bertz CT molecular complexity index is 3380. The molecule has 7 aromatic rings. The first-order valence-electron chi connectivity index (χ1n) is 28.0. The maximum absolute atomic E-state index is 11.7. The van der Waals surface area contributed by atoms with Gasteiger partial charge in [-0.1, -0.05) is 190 Å². The van der Waals surface area contributed by atoms with Gasteiger partial charge in [-0.15, -0.1) is 0 Å². The molecule has 0 saturated carbocycles. The third-order valence-electron chi connectivity index (χ3n) is 15.2. The standard InChI is InChI=1S/C69H75N5O2/c1-7-9-11-13-15-23-45-74(46-24-16-14-12-10-8-2)54-37-31-50(32-38-54)34-40-56-58-42-44-60(71-58)64(52-27-21-18-22-28-52)65-68(3,4)47-61(72-65)55(39-33-49-29-35-53(36-30-49)67(75)76)57-41-43-59(70-57)63(51-25-19-17-20-26-51)66-69(5,6)48-62(56)73-66/h17-22,25-32,35-38,41-44,70-71H,7-16,23-24,45-48H2,1-6H3,(H,75,76). The van der Waals surface area contributed by atoms with Gasteiger partial charge in [-0.25, -0.2) is 4.79 Å². The van der Waals surface area contributed by atoms with E-state index in [0.717, 1.165) is 96.9 Å². The molecular weight excluding hydrogens is 931 g/mol. The summed E-state index contributed by atoms with van der Waals surface area (Å²) in [6.45, 7) is 15.9. The van der Waals surface area contributed by atoms with Crippen LogP contribution in [0.5, 0.6) is 0 Å². The van der Waals surface area contributed by atoms with Crippen LogP contribution in [0.4, 0.5) is 5.69 Å². The number of hydrogen-bond donors (Lipinski definition) is 3. The van der Waals surface area contributed by atoms with Crippen LogP contribution in [-0.2, 0) is 23.7 Å². The van der Waals surface area contributed by atoms with Gasteiger partial charge < -0.3 is 20.0 Å². The number of aromatic carboxylic acids is 1. The summed E-state index contributed by atoms with van der Waals surface area (Å²) in [6.07, 6.45) is 16.9. The highest BCUT2D eigenvalue weighted by atomic mass is 16.4. The van der Waals surface area contributed by atoms with Gasteiger partial charge in [-0.05, 0) is 96.8 Å². The number of carbonyl (C=O) groups is 1. The average molecular weight is 1010 g/mol. The Kier molecular flexibility index (Phi) is 17.1. The largest absolute Gasteiger partial charge is 0.478 e. The lowest BCUT2D eigenvalue weighted by atomic mass is 9.82. The summed E-state index contributed by atoms with van der Waals surface area (Å²) < 4.78 is 0. The van der Waals surface area contributed by atoms with Crippen LogP contribution in [0.25, 0.3) is 44.3 Å². The minimum Gasteiger partial charge on any atom is -0.478 e. The van der Waals surface area contributed by atoms with Crippen LogP contribution in [0.2, 0.25) is 0 Å². The molecule has 3 N–H and O–H groups in total. The molecule has 0 radical (unpaired) electrons. The van der Waals surface area contributed by atoms with Crippen molar-refractivity contribution in [2.75, 3.05) is 18.0 Å². The predicted molar refractivity (Wildman–Crippen MR) is 316 cm³/mol. The van der Waals surface area contributed by atoms with Crippen molar-refractivity contribution in [1.29, 1.82) is 0 Å². The van der Waals surface area contributed by atoms with Crippen LogP contribution in [0, 0.1) is 23.7 Å². The van der Waals surface area contributed by atoms with E-state index in [-0.39, 0.29) is 16.4 Å². The Morgan fingerprint density at radius 3 is 1.32 bits per heavy atom. The first kappa shape index (κ1) is 53.2. The molecule has 388 valence electrons. The molecule has 2 aliphatic heterocycles. The Labute approximate surface area is 451 Å². The molecule has 76 heavy (non-hydrogen) atoms. The van der Waals surface area contributed by atoms with E-state index < -0.39 is 5.97 Å². The van der Waals surface area contributed by atoms with Crippen molar-refractivity contribution in [3.63, 3.8) is 0 Å². The first-order chi connectivity index (χ1) is 36.9. The molecule has 0 atom stereocenters. The molecule has 0 spiro atoms. The quantitative estimate of drug-likeness (QED) is 0.0588. The molecule has 9 rings (SSSR count). The minimum absolute atomic E-state index is 0.220. The van der Waals surface area contributed by atoms with Crippen molar-refractivity contribution < 1.29 is 9.90 Å². The third kappa shape index (κ3) is 12.6. The van der Waals surface area contributed by atoms with Crippen LogP contribution >= 0.6 is 0 Å². The first-order valence-corrected chi connectivity index (χ1v) is 28.0. The smallest absolute Gasteiger partial charge is 0.335 e. The van der Waals surface area contributed by atoms with E-state index in [1.54, 1.807) is 24.3 Å². The monoisotopic (exact) mass is 1010 g/mol. The average Bonchev–Trinajstić information content (AvgIpc) is 4.25. The summed E-state index contributed by atoms with van der Waals surface area (Å²) >= 11 is 0. The zero-order valence-corrected chi connectivity index (χ0v) is 45.7. The summed E-state index contributed by atoms with van der Waals surface area (Å²) in [5, 5.41) is 9.61. The minimum atomic E-state index is -0.970. The fourth-order valence-electron chi connectivity index (χ4n) is 11.0. The summed E-state index contributed by atoms with van der Waals surface area (Å²) in [7, 11) is 0. The molecule has 2 aliphatic rings. The second kappa shape index (κ2) is 24.4. The molecule has 0 aliphatic carbocycles. The number of aromatic nitrogens is 4. The van der Waals surface area contributed by atoms with E-state index in [1.807, 2.05) is 0 Å². The topological polar surface area (TPSA) is 97.9 Å². The Balaban J connectivity index is 1.23. The Morgan fingerprint density at radius 1 is 0.500 bits per heavy atom. The number of fused-ring (bicyclic) bond motifs is 8. The van der Waals surface area contributed by atoms with Crippen molar-refractivity contribution in [1.82, 2.24) is 19.9 Å². The van der Waals surface area contributed by atoms with Gasteiger partial charge in [-0.2, -0.15) is 0 Å². The number of anilines is 1. The number of carboxylic acids is 1. The lowest BCUT2D eigenvalue weighted by Crippen LogP contribution is -2.25. The number of nitrogens with one attached hydrogen (secondary N) is 2. The molecule has 5 heterocycles. The molecule has 8 bridgehead atoms. The van der Waals surface area contributed by atoms with Crippen LogP contribution in [-0.4, -0.2) is 44.1 Å². The zero-order valence-electron chi connectivity index (χ0n) is 45.7. The normalized spacial score (nSPS) is 13.3. The number of nitrogens with zero attached hydrogens (tertiary/aromatic N) is 3. The van der Waals surface area contributed by atoms with E-state index in [1.165, 1.54) is 82.7 Å². The molecule has 4 aromatic carbocycles. The SMILES string of the molecule is CCCCCCCCN(CCCCCCCC)c1ccc(C#Cc2c3nc(c(-c4ccccc4)c4ccc([nH]4)c(C#Cc4ccc(C(=O)O)cc4)c4nc(c(-c5ccccc5)c5ccc2[nH]5)C(C)(C)C4)C(C)(C)C3)cc1. The van der Waals surface area contributed by atoms with E-state index in [0.29, 0.717) is 18.4 Å². The van der Waals surface area contributed by atoms with Crippen LogP contribution < -0.4 is 4.90 Å². The fraction of sp³-hybridized carbons (Fsp3) is 0.348. The Hall–Kier alpha value is -7.61. The van der Waals surface area contributed by atoms with E-state index in [9.17, 15) is 9.90 Å². The molecule has 0 fully saturated rings. The molecular formula is C69H75N5O2. The number of aromatic amines is 2. The molecule has 0 saturated heterocycles. The van der Waals surface area contributed by atoms with Crippen LogP contribution in [0.3, 0.4) is 0 Å². The van der Waals surface area contributed by atoms with E-state index in [2.05, 4.69) is 189 Å². The molecule has 0 amide bonds. The van der Waals surface area contributed by atoms with Gasteiger partial charge in [0, 0.05) is 75.7 Å². The predicted octanol–water partition coefficient (Wildman–Crippen LogP) is 16.7. The maximum atomic E-state index is 11.7. The zero-order chi connectivity index (χ0) is 53.1. The van der Waals surface area contributed by atoms with Gasteiger partial charge in [0.1, 0.15) is 0 Å². The summed E-state index contributed by atoms with van der Waals surface area (Å²) in [4.78, 5) is 33.4. The number of H-pyrrole nitrogens is 2. The molecule has 7 nitrogen and oxygen atoms in total. The summed E-state index contributed by atoms with van der Waals surface area (Å²) in [5.74, 6) is 13.3. The van der Waals surface area contributed by atoms with Gasteiger partial charge in [-0.3, -0.25) is 9.97 Å². The number of carboxylic acid groups (broad SMARTS) is 1. The lowest BCUT2D eigenvalue weighted by Gasteiger charge is -2.25. The van der Waals surface area contributed by atoms with Gasteiger partial charge in [0.25, 0.3) is 0 Å². The number of rotatable bonds is 18. The van der Waals surface area contributed by atoms with Gasteiger partial charge in [0.2, 0.25) is 0 Å². The van der Waals surface area contributed by atoms with Gasteiger partial charge in [0.05, 0.1) is 50.5 Å². The highest BCUT2D eigenvalue weighted by Crippen LogP contribution is 2.43. The van der Waals surface area contributed by atoms with Crippen molar-refractivity contribution >= 4 is 33.7 Å². The summed E-state index contributed by atoms with van der Waals surface area (Å²) in [6, 6.07) is 45.4. The van der Waals surface area contributed by atoms with Crippen LogP contribution in [0.15, 0.2) is 133 Å². The lowest BCUT2D eigenvalue weighted by molar-refractivity contribution is 0.0697. The molecule has 3 aromatic heterocycles. The van der Waals surface area contributed by atoms with E-state index in [4.69, 9.17) is 9.97 Å². The van der Waals surface area contributed by atoms with Crippen LogP contribution in [0.1, 0.15) is 174 Å². The van der Waals surface area contributed by atoms with Crippen molar-refractivity contribution in [3.05, 3.63) is 184 Å². The summed E-state index contributed by atoms with van der Waals surface area (Å²) in [5.41, 5.74) is 15.7. The third-order valence-corrected chi connectivity index (χ3v) is 15.2. The number of hydrogen-bond acceptors (Lipinski definition) is 4. The molecule has 0 unspecified atom stereocenters. The van der Waals surface area contributed by atoms with Gasteiger partial charge >= 0.3 is 5.97 Å². The van der Waals surface area contributed by atoms with Crippen molar-refractivity contribution in [2.24, 2.45) is 0 Å². The second-order valence-corrected chi connectivity index (χ2v) is 22.2. The van der Waals surface area contributed by atoms with Crippen molar-refractivity contribution in [2.45, 2.75) is 142 Å². The van der Waals surface area contributed by atoms with Crippen molar-refractivity contribution in [3.8, 4) is 45.9 Å². The Morgan fingerprint density at radius 2 is 0.895 bits per heavy atom. The highest BCUT2D eigenvalue weighted by Gasteiger charge is 2.35.